The summed E-state index contributed by atoms with van der Waals surface area (Å²) in [5, 5.41) is 3.55. The van der Waals surface area contributed by atoms with Gasteiger partial charge in [0.2, 0.25) is 0 Å². The van der Waals surface area contributed by atoms with Gasteiger partial charge in [0.05, 0.1) is 6.61 Å². The van der Waals surface area contributed by atoms with Crippen LogP contribution in [-0.2, 0) is 4.74 Å². The van der Waals surface area contributed by atoms with Gasteiger partial charge in [-0.1, -0.05) is 30.3 Å². The number of rotatable bonds is 4. The van der Waals surface area contributed by atoms with E-state index in [-0.39, 0.29) is 5.91 Å². The van der Waals surface area contributed by atoms with Crippen LogP contribution in [-0.4, -0.2) is 54.2 Å². The Morgan fingerprint density at radius 3 is 2.71 bits per heavy atom. The second kappa shape index (κ2) is 6.71. The van der Waals surface area contributed by atoms with Crippen molar-refractivity contribution in [2.75, 3.05) is 26.3 Å². The molecular formula is C19H21N3O2. The van der Waals surface area contributed by atoms with Crippen molar-refractivity contribution in [3.63, 3.8) is 0 Å². The van der Waals surface area contributed by atoms with Crippen molar-refractivity contribution in [1.82, 2.24) is 15.2 Å². The summed E-state index contributed by atoms with van der Waals surface area (Å²) in [6, 6.07) is 14.7. The van der Waals surface area contributed by atoms with Gasteiger partial charge in [0, 0.05) is 38.0 Å². The van der Waals surface area contributed by atoms with E-state index in [1.54, 1.807) is 6.20 Å². The maximum absolute atomic E-state index is 12.6. The molecule has 1 aromatic heterocycles. The third kappa shape index (κ3) is 3.18. The highest BCUT2D eigenvalue weighted by Gasteiger charge is 2.33. The minimum absolute atomic E-state index is 0.00787. The topological polar surface area (TPSA) is 54.5 Å². The molecule has 1 aromatic carbocycles. The minimum Gasteiger partial charge on any atom is -0.380 e. The monoisotopic (exact) mass is 323 g/mol. The summed E-state index contributed by atoms with van der Waals surface area (Å²) in [6.07, 6.45) is 2.77. The fourth-order valence-electron chi connectivity index (χ4n) is 3.27. The molecule has 2 aliphatic heterocycles. The summed E-state index contributed by atoms with van der Waals surface area (Å²) in [4.78, 5) is 18.7. The van der Waals surface area contributed by atoms with Gasteiger partial charge in [-0.3, -0.25) is 9.78 Å². The maximum Gasteiger partial charge on any atom is 0.272 e. The summed E-state index contributed by atoms with van der Waals surface area (Å²) in [7, 11) is 0. The lowest BCUT2D eigenvalue weighted by atomic mass is 10.0. The van der Waals surface area contributed by atoms with Gasteiger partial charge in [-0.25, -0.2) is 0 Å². The lowest BCUT2D eigenvalue weighted by Crippen LogP contribution is -2.61. The average Bonchev–Trinajstić information content (AvgIpc) is 3.11. The number of pyridine rings is 1. The average molecular weight is 323 g/mol. The van der Waals surface area contributed by atoms with E-state index >= 15 is 0 Å². The van der Waals surface area contributed by atoms with E-state index in [1.165, 1.54) is 0 Å². The highest BCUT2D eigenvalue weighted by atomic mass is 16.5. The number of aromatic nitrogens is 1. The number of hydrogen-bond acceptors (Lipinski definition) is 4. The molecule has 5 nitrogen and oxygen atoms in total. The molecule has 1 N–H and O–H groups in total. The second-order valence-electron chi connectivity index (χ2n) is 6.43. The Kier molecular flexibility index (Phi) is 4.28. The number of nitrogens with zero attached hydrogens (tertiary/aromatic N) is 2. The standard InChI is InChI=1S/C19H21N3O2/c23-19(22-11-17(12-22)21-16-7-9-24-13-16)18-10-15(6-8-20-18)14-4-2-1-3-5-14/h1-6,8,10,16-17,21H,7,9,11-13H2. The number of amides is 1. The predicted molar refractivity (Wildman–Crippen MR) is 91.7 cm³/mol. The Morgan fingerprint density at radius 2 is 1.96 bits per heavy atom. The van der Waals surface area contributed by atoms with Crippen molar-refractivity contribution in [3.8, 4) is 11.1 Å². The summed E-state index contributed by atoms with van der Waals surface area (Å²) in [5.41, 5.74) is 2.63. The molecular weight excluding hydrogens is 302 g/mol. The number of likely N-dealkylation sites (tertiary alicyclic amines) is 1. The molecule has 2 saturated heterocycles. The number of hydrogen-bond donors (Lipinski definition) is 1. The highest BCUT2D eigenvalue weighted by molar-refractivity contribution is 5.94. The van der Waals surface area contributed by atoms with Gasteiger partial charge in [0.25, 0.3) is 5.91 Å². The molecule has 5 heteroatoms. The maximum atomic E-state index is 12.6. The van der Waals surface area contributed by atoms with Crippen LogP contribution < -0.4 is 5.32 Å². The number of nitrogens with one attached hydrogen (secondary N) is 1. The van der Waals surface area contributed by atoms with Gasteiger partial charge < -0.3 is 15.0 Å². The van der Waals surface area contributed by atoms with Crippen molar-refractivity contribution in [2.24, 2.45) is 0 Å². The third-order valence-electron chi connectivity index (χ3n) is 4.66. The molecule has 2 aromatic rings. The first-order valence-corrected chi connectivity index (χ1v) is 8.44. The van der Waals surface area contributed by atoms with Crippen LogP contribution in [0.4, 0.5) is 0 Å². The van der Waals surface area contributed by atoms with Crippen molar-refractivity contribution >= 4 is 5.91 Å². The molecule has 24 heavy (non-hydrogen) atoms. The molecule has 2 fully saturated rings. The van der Waals surface area contributed by atoms with Crippen LogP contribution in [0.5, 0.6) is 0 Å². The molecule has 1 amide bonds. The van der Waals surface area contributed by atoms with Gasteiger partial charge >= 0.3 is 0 Å². The van der Waals surface area contributed by atoms with Gasteiger partial charge in [-0.2, -0.15) is 0 Å². The van der Waals surface area contributed by atoms with Crippen molar-refractivity contribution in [1.29, 1.82) is 0 Å². The Bertz CT molecular complexity index is 708. The number of ether oxygens (including phenoxy) is 1. The van der Waals surface area contributed by atoms with Crippen molar-refractivity contribution < 1.29 is 9.53 Å². The second-order valence-corrected chi connectivity index (χ2v) is 6.43. The quantitative estimate of drug-likeness (QED) is 0.934. The van der Waals surface area contributed by atoms with Crippen molar-refractivity contribution in [3.05, 3.63) is 54.4 Å². The smallest absolute Gasteiger partial charge is 0.272 e. The first-order valence-electron chi connectivity index (χ1n) is 8.44. The Labute approximate surface area is 141 Å². The molecule has 0 radical (unpaired) electrons. The van der Waals surface area contributed by atoms with Crippen LogP contribution in [0, 0.1) is 0 Å². The summed E-state index contributed by atoms with van der Waals surface area (Å²) >= 11 is 0. The van der Waals surface area contributed by atoms with Gasteiger partial charge in [0.1, 0.15) is 5.69 Å². The number of carbonyl (C=O) groups is 1. The third-order valence-corrected chi connectivity index (χ3v) is 4.66. The largest absolute Gasteiger partial charge is 0.380 e. The molecule has 0 saturated carbocycles. The zero-order valence-corrected chi connectivity index (χ0v) is 13.5. The van der Waals surface area contributed by atoms with Gasteiger partial charge in [-0.15, -0.1) is 0 Å². The van der Waals surface area contributed by atoms with Crippen LogP contribution in [0.1, 0.15) is 16.9 Å². The van der Waals surface area contributed by atoms with Crippen LogP contribution in [0.3, 0.4) is 0 Å². The SMILES string of the molecule is O=C(c1cc(-c2ccccc2)ccn1)N1CC(NC2CCOC2)C1. The number of benzene rings is 1. The molecule has 124 valence electrons. The molecule has 3 heterocycles. The lowest BCUT2D eigenvalue weighted by Gasteiger charge is -2.40. The van der Waals surface area contributed by atoms with E-state index in [0.717, 1.165) is 43.9 Å². The summed E-state index contributed by atoms with van der Waals surface area (Å²) in [5.74, 6) is 0.00787. The van der Waals surface area contributed by atoms with E-state index in [9.17, 15) is 4.79 Å². The van der Waals surface area contributed by atoms with E-state index in [1.807, 2.05) is 47.4 Å². The van der Waals surface area contributed by atoms with Crippen LogP contribution in [0.15, 0.2) is 48.7 Å². The van der Waals surface area contributed by atoms with Crippen LogP contribution in [0.2, 0.25) is 0 Å². The first-order chi connectivity index (χ1) is 11.8. The fourth-order valence-corrected chi connectivity index (χ4v) is 3.27. The Morgan fingerprint density at radius 1 is 1.12 bits per heavy atom. The number of carbonyl (C=O) groups excluding carboxylic acids is 1. The molecule has 0 spiro atoms. The fraction of sp³-hybridized carbons (Fsp3) is 0.368. The zero-order valence-electron chi connectivity index (χ0n) is 13.5. The van der Waals surface area contributed by atoms with Gasteiger partial charge in [-0.05, 0) is 29.7 Å². The Hall–Kier alpha value is -2.24. The van der Waals surface area contributed by atoms with E-state index < -0.39 is 0 Å². The van der Waals surface area contributed by atoms with E-state index in [2.05, 4.69) is 10.3 Å². The molecule has 1 atom stereocenters. The van der Waals surface area contributed by atoms with Crippen LogP contribution >= 0.6 is 0 Å². The normalized spacial score (nSPS) is 20.8. The first kappa shape index (κ1) is 15.3. The lowest BCUT2D eigenvalue weighted by molar-refractivity contribution is 0.0542. The molecule has 1 unspecified atom stereocenters. The molecule has 0 bridgehead atoms. The predicted octanol–water partition coefficient (Wildman–Crippen LogP) is 1.95. The summed E-state index contributed by atoms with van der Waals surface area (Å²) in [6.45, 7) is 3.10. The minimum atomic E-state index is 0.00787. The zero-order chi connectivity index (χ0) is 16.4. The Balaban J connectivity index is 1.39. The summed E-state index contributed by atoms with van der Waals surface area (Å²) < 4.78 is 5.37. The van der Waals surface area contributed by atoms with Crippen molar-refractivity contribution in [2.45, 2.75) is 18.5 Å². The van der Waals surface area contributed by atoms with E-state index in [0.29, 0.717) is 17.8 Å². The molecule has 0 aliphatic carbocycles. The van der Waals surface area contributed by atoms with Crippen LogP contribution in [0.25, 0.3) is 11.1 Å². The highest BCUT2D eigenvalue weighted by Crippen LogP contribution is 2.21. The van der Waals surface area contributed by atoms with Gasteiger partial charge in [0.15, 0.2) is 0 Å². The van der Waals surface area contributed by atoms with E-state index in [4.69, 9.17) is 4.74 Å². The molecule has 4 rings (SSSR count). The molecule has 2 aliphatic rings.